The van der Waals surface area contributed by atoms with Crippen molar-refractivity contribution in [3.8, 4) is 0 Å². The molecule has 0 saturated heterocycles. The van der Waals surface area contributed by atoms with Crippen molar-refractivity contribution in [1.82, 2.24) is 0 Å². The van der Waals surface area contributed by atoms with Gasteiger partial charge in [0.1, 0.15) is 0 Å². The quantitative estimate of drug-likeness (QED) is 0.507. The first-order valence-electron chi connectivity index (χ1n) is 5.85. The van der Waals surface area contributed by atoms with Crippen molar-refractivity contribution in [2.75, 3.05) is 0 Å². The van der Waals surface area contributed by atoms with Gasteiger partial charge in [-0.15, -0.1) is 0 Å². The van der Waals surface area contributed by atoms with Gasteiger partial charge in [-0.3, -0.25) is 4.79 Å². The van der Waals surface area contributed by atoms with Crippen molar-refractivity contribution in [3.05, 3.63) is 24.3 Å². The molecule has 2 unspecified atom stereocenters. The molecule has 0 radical (unpaired) electrons. The first-order chi connectivity index (χ1) is 6.97. The van der Waals surface area contributed by atoms with Gasteiger partial charge in [-0.05, 0) is 29.7 Å². The summed E-state index contributed by atoms with van der Waals surface area (Å²) in [5.41, 5.74) is 0.276. The molecule has 15 heavy (non-hydrogen) atoms. The number of carbonyl (C=O) groups is 1. The van der Waals surface area contributed by atoms with Gasteiger partial charge in [0.25, 0.3) is 0 Å². The Balaban J connectivity index is 2.78. The summed E-state index contributed by atoms with van der Waals surface area (Å²) in [6.45, 7) is 8.68. The maximum atomic E-state index is 11.3. The third-order valence-corrected chi connectivity index (χ3v) is 3.39. The van der Waals surface area contributed by atoms with Crippen molar-refractivity contribution in [2.24, 2.45) is 17.3 Å². The summed E-state index contributed by atoms with van der Waals surface area (Å²) in [5, 5.41) is 0. The lowest BCUT2D eigenvalue weighted by molar-refractivity contribution is -0.114. The Labute approximate surface area is 93.3 Å². The van der Waals surface area contributed by atoms with Crippen LogP contribution in [0.1, 0.15) is 40.5 Å². The highest BCUT2D eigenvalue weighted by molar-refractivity contribution is 5.89. The van der Waals surface area contributed by atoms with E-state index in [0.717, 1.165) is 6.42 Å². The number of allylic oxidation sites excluding steroid dienone is 4. The second-order valence-corrected chi connectivity index (χ2v) is 5.18. The van der Waals surface area contributed by atoms with Crippen LogP contribution in [0.5, 0.6) is 0 Å². The van der Waals surface area contributed by atoms with Crippen molar-refractivity contribution in [2.45, 2.75) is 40.5 Å². The Morgan fingerprint density at radius 2 is 2.20 bits per heavy atom. The first kappa shape index (κ1) is 12.2. The van der Waals surface area contributed by atoms with Gasteiger partial charge >= 0.3 is 0 Å². The average Bonchev–Trinajstić information content (AvgIpc) is 2.15. The van der Waals surface area contributed by atoms with Crippen molar-refractivity contribution in [1.29, 1.82) is 0 Å². The van der Waals surface area contributed by atoms with Gasteiger partial charge < -0.3 is 0 Å². The van der Waals surface area contributed by atoms with Crippen LogP contribution in [0.2, 0.25) is 0 Å². The van der Waals surface area contributed by atoms with E-state index in [1.165, 1.54) is 0 Å². The van der Waals surface area contributed by atoms with Crippen molar-refractivity contribution < 1.29 is 4.79 Å². The third-order valence-electron chi connectivity index (χ3n) is 3.39. The van der Waals surface area contributed by atoms with Crippen LogP contribution < -0.4 is 0 Å². The van der Waals surface area contributed by atoms with E-state index in [9.17, 15) is 4.79 Å². The van der Waals surface area contributed by atoms with Crippen LogP contribution in [0.3, 0.4) is 0 Å². The molecule has 0 fully saturated rings. The number of carbonyl (C=O) groups excluding carboxylic acids is 1. The number of rotatable bonds is 3. The molecular formula is C14H22O. The summed E-state index contributed by atoms with van der Waals surface area (Å²) in [5.74, 6) is 1.25. The van der Waals surface area contributed by atoms with E-state index < -0.39 is 0 Å². The maximum Gasteiger partial charge on any atom is 0.155 e. The fourth-order valence-electron chi connectivity index (χ4n) is 2.32. The summed E-state index contributed by atoms with van der Waals surface area (Å²) in [7, 11) is 0. The molecular weight excluding hydrogens is 184 g/mol. The van der Waals surface area contributed by atoms with Crippen LogP contribution in [-0.4, -0.2) is 5.78 Å². The minimum absolute atomic E-state index is 0.229. The molecule has 1 nitrogen and oxygen atoms in total. The van der Waals surface area contributed by atoms with E-state index in [0.29, 0.717) is 18.3 Å². The van der Waals surface area contributed by atoms with E-state index >= 15 is 0 Å². The second-order valence-electron chi connectivity index (χ2n) is 5.18. The highest BCUT2D eigenvalue weighted by atomic mass is 16.1. The molecule has 0 aromatic carbocycles. The summed E-state index contributed by atoms with van der Waals surface area (Å²) in [6.07, 6.45) is 10.1. The van der Waals surface area contributed by atoms with Crippen LogP contribution >= 0.6 is 0 Å². The van der Waals surface area contributed by atoms with E-state index in [-0.39, 0.29) is 11.2 Å². The van der Waals surface area contributed by atoms with E-state index in [1.807, 2.05) is 6.92 Å². The predicted octanol–water partition coefficient (Wildman–Crippen LogP) is 3.76. The number of ketones is 1. The van der Waals surface area contributed by atoms with Gasteiger partial charge in [0.2, 0.25) is 0 Å². The Hall–Kier alpha value is -0.850. The van der Waals surface area contributed by atoms with E-state index in [2.05, 4.69) is 39.0 Å². The van der Waals surface area contributed by atoms with Crippen molar-refractivity contribution in [3.63, 3.8) is 0 Å². The predicted molar refractivity (Wildman–Crippen MR) is 64.6 cm³/mol. The molecule has 0 aliphatic heterocycles. The van der Waals surface area contributed by atoms with Crippen LogP contribution in [0.4, 0.5) is 0 Å². The molecule has 0 aromatic heterocycles. The second kappa shape index (κ2) is 4.78. The zero-order chi connectivity index (χ0) is 11.5. The fourth-order valence-corrected chi connectivity index (χ4v) is 2.32. The lowest BCUT2D eigenvalue weighted by atomic mass is 9.67. The molecule has 2 atom stereocenters. The summed E-state index contributed by atoms with van der Waals surface area (Å²) < 4.78 is 0. The molecule has 1 aliphatic rings. The van der Waals surface area contributed by atoms with Gasteiger partial charge in [-0.25, -0.2) is 0 Å². The normalized spacial score (nSPS) is 29.6. The van der Waals surface area contributed by atoms with Crippen molar-refractivity contribution >= 4 is 5.78 Å². The SMILES string of the molecule is CCC(=O)C=CC1C(C)C=CCC1(C)C. The topological polar surface area (TPSA) is 17.1 Å². The zero-order valence-corrected chi connectivity index (χ0v) is 10.3. The Morgan fingerprint density at radius 1 is 1.53 bits per heavy atom. The first-order valence-corrected chi connectivity index (χ1v) is 5.85. The smallest absolute Gasteiger partial charge is 0.155 e. The van der Waals surface area contributed by atoms with Crippen LogP contribution in [0.15, 0.2) is 24.3 Å². The van der Waals surface area contributed by atoms with Gasteiger partial charge in [-0.2, -0.15) is 0 Å². The monoisotopic (exact) mass is 206 g/mol. The largest absolute Gasteiger partial charge is 0.295 e. The molecule has 1 aliphatic carbocycles. The molecule has 1 heteroatoms. The fraction of sp³-hybridized carbons (Fsp3) is 0.643. The van der Waals surface area contributed by atoms with Crippen LogP contribution in [0.25, 0.3) is 0 Å². The lowest BCUT2D eigenvalue weighted by Gasteiger charge is -2.38. The average molecular weight is 206 g/mol. The van der Waals surface area contributed by atoms with Gasteiger partial charge in [0.05, 0.1) is 0 Å². The van der Waals surface area contributed by atoms with Crippen LogP contribution in [-0.2, 0) is 4.79 Å². The van der Waals surface area contributed by atoms with Gasteiger partial charge in [-0.1, -0.05) is 45.9 Å². The maximum absolute atomic E-state index is 11.3. The van der Waals surface area contributed by atoms with Gasteiger partial charge in [0, 0.05) is 6.42 Å². The summed E-state index contributed by atoms with van der Waals surface area (Å²) >= 11 is 0. The third kappa shape index (κ3) is 3.05. The Morgan fingerprint density at radius 3 is 2.73 bits per heavy atom. The minimum atomic E-state index is 0.229. The zero-order valence-electron chi connectivity index (χ0n) is 10.3. The van der Waals surface area contributed by atoms with Gasteiger partial charge in [0.15, 0.2) is 5.78 Å². The Kier molecular flexibility index (Phi) is 3.90. The standard InChI is InChI=1S/C14H22O/c1-5-12(15)8-9-13-11(2)7-6-10-14(13,3)4/h6-9,11,13H,5,10H2,1-4H3. The molecule has 0 N–H and O–H groups in total. The summed E-state index contributed by atoms with van der Waals surface area (Å²) in [4.78, 5) is 11.3. The highest BCUT2D eigenvalue weighted by Crippen LogP contribution is 2.41. The minimum Gasteiger partial charge on any atom is -0.295 e. The van der Waals surface area contributed by atoms with E-state index in [4.69, 9.17) is 0 Å². The molecule has 0 spiro atoms. The molecule has 0 bridgehead atoms. The lowest BCUT2D eigenvalue weighted by Crippen LogP contribution is -2.29. The Bertz CT molecular complexity index is 284. The summed E-state index contributed by atoms with van der Waals surface area (Å²) in [6, 6.07) is 0. The molecule has 0 heterocycles. The molecule has 0 aromatic rings. The van der Waals surface area contributed by atoms with Crippen LogP contribution in [0, 0.1) is 17.3 Å². The molecule has 0 saturated carbocycles. The molecule has 1 rings (SSSR count). The highest BCUT2D eigenvalue weighted by Gasteiger charge is 2.32. The van der Waals surface area contributed by atoms with E-state index in [1.54, 1.807) is 6.08 Å². The molecule has 84 valence electrons. The molecule has 0 amide bonds. The number of hydrogen-bond donors (Lipinski definition) is 0. The number of hydrogen-bond acceptors (Lipinski definition) is 1.